The summed E-state index contributed by atoms with van der Waals surface area (Å²) in [6.45, 7) is 1.93. The molecule has 2 aromatic rings. The lowest BCUT2D eigenvalue weighted by Crippen LogP contribution is -2.22. The molecule has 0 saturated carbocycles. The van der Waals surface area contributed by atoms with Gasteiger partial charge in [0.1, 0.15) is 0 Å². The Morgan fingerprint density at radius 1 is 1.42 bits per heavy atom. The molecule has 0 radical (unpaired) electrons. The van der Waals surface area contributed by atoms with Crippen LogP contribution in [0.3, 0.4) is 0 Å². The zero-order valence-electron chi connectivity index (χ0n) is 10.5. The Morgan fingerprint density at radius 2 is 2.16 bits per heavy atom. The molecule has 0 saturated heterocycles. The van der Waals surface area contributed by atoms with E-state index < -0.39 is 5.97 Å². The van der Waals surface area contributed by atoms with Crippen molar-refractivity contribution in [1.29, 1.82) is 0 Å². The van der Waals surface area contributed by atoms with Gasteiger partial charge in [-0.25, -0.2) is 9.48 Å². The highest BCUT2D eigenvalue weighted by Gasteiger charge is 2.05. The molecule has 2 rings (SSSR count). The number of nitrogens with zero attached hydrogens (tertiary/aromatic N) is 2. The maximum atomic E-state index is 12.1. The molecule has 0 atom stereocenters. The zero-order valence-corrected chi connectivity index (χ0v) is 10.5. The van der Waals surface area contributed by atoms with Crippen molar-refractivity contribution < 1.29 is 9.90 Å². The first-order valence-corrected chi connectivity index (χ1v) is 6.00. The first-order chi connectivity index (χ1) is 9.13. The highest BCUT2D eigenvalue weighted by Crippen LogP contribution is 2.07. The van der Waals surface area contributed by atoms with Crippen molar-refractivity contribution in [2.24, 2.45) is 0 Å². The third-order valence-electron chi connectivity index (χ3n) is 2.93. The van der Waals surface area contributed by atoms with Crippen LogP contribution in [-0.4, -0.2) is 20.9 Å². The highest BCUT2D eigenvalue weighted by atomic mass is 16.4. The fourth-order valence-corrected chi connectivity index (χ4v) is 1.84. The van der Waals surface area contributed by atoms with Gasteiger partial charge < -0.3 is 5.11 Å². The van der Waals surface area contributed by atoms with E-state index in [4.69, 9.17) is 5.11 Å². The van der Waals surface area contributed by atoms with Gasteiger partial charge >= 0.3 is 5.97 Å². The van der Waals surface area contributed by atoms with E-state index in [2.05, 4.69) is 5.10 Å². The fraction of sp³-hybridized carbons (Fsp3) is 0.214. The number of carbonyl (C=O) groups is 1. The lowest BCUT2D eigenvalue weighted by Gasteiger charge is -2.04. The second-order valence-electron chi connectivity index (χ2n) is 4.11. The molecule has 5 nitrogen and oxygen atoms in total. The number of carboxylic acids is 1. The molecule has 1 aromatic carbocycles. The number of hydrogen-bond donors (Lipinski definition) is 1. The van der Waals surface area contributed by atoms with Crippen LogP contribution in [0, 0.1) is 0 Å². The largest absolute Gasteiger partial charge is 0.478 e. The van der Waals surface area contributed by atoms with E-state index in [0.29, 0.717) is 11.8 Å². The van der Waals surface area contributed by atoms with Crippen LogP contribution in [0.5, 0.6) is 0 Å². The molecular formula is C14H14N2O3. The summed E-state index contributed by atoms with van der Waals surface area (Å²) in [7, 11) is 0. The predicted octanol–water partition coefficient (Wildman–Crippen LogP) is 1.82. The van der Waals surface area contributed by atoms with Crippen molar-refractivity contribution in [3.63, 3.8) is 0 Å². The Morgan fingerprint density at radius 3 is 2.84 bits per heavy atom. The first kappa shape index (κ1) is 13.0. The van der Waals surface area contributed by atoms with Gasteiger partial charge in [-0.15, -0.1) is 0 Å². The number of allylic oxidation sites excluding steroid dienone is 1. The van der Waals surface area contributed by atoms with Crippen molar-refractivity contribution in [3.8, 4) is 0 Å². The van der Waals surface area contributed by atoms with E-state index in [0.717, 1.165) is 5.39 Å². The normalized spacial score (nSPS) is 11.7. The van der Waals surface area contributed by atoms with Gasteiger partial charge in [-0.05, 0) is 12.5 Å². The Kier molecular flexibility index (Phi) is 3.75. The maximum Gasteiger partial charge on any atom is 0.331 e. The Bertz CT molecular complexity index is 701. The van der Waals surface area contributed by atoms with Crippen molar-refractivity contribution in [1.82, 2.24) is 9.78 Å². The summed E-state index contributed by atoms with van der Waals surface area (Å²) in [5.74, 6) is -0.962. The molecule has 0 spiro atoms. The van der Waals surface area contributed by atoms with Crippen molar-refractivity contribution in [2.75, 3.05) is 0 Å². The molecule has 0 amide bonds. The van der Waals surface area contributed by atoms with Crippen LogP contribution in [0.4, 0.5) is 0 Å². The third-order valence-corrected chi connectivity index (χ3v) is 2.93. The summed E-state index contributed by atoms with van der Waals surface area (Å²) in [5, 5.41) is 14.3. The minimum atomic E-state index is -0.962. The van der Waals surface area contributed by atoms with Crippen LogP contribution < -0.4 is 5.56 Å². The summed E-state index contributed by atoms with van der Waals surface area (Å²) < 4.78 is 1.26. The Balaban J connectivity index is 2.39. The first-order valence-electron chi connectivity index (χ1n) is 6.00. The van der Waals surface area contributed by atoms with Gasteiger partial charge in [0.15, 0.2) is 0 Å². The number of benzene rings is 1. The van der Waals surface area contributed by atoms with Crippen molar-refractivity contribution in [3.05, 3.63) is 52.5 Å². The van der Waals surface area contributed by atoms with Gasteiger partial charge in [0.05, 0.1) is 18.1 Å². The number of aliphatic carboxylic acids is 1. The summed E-state index contributed by atoms with van der Waals surface area (Å²) in [6, 6.07) is 7.18. The predicted molar refractivity (Wildman–Crippen MR) is 72.0 cm³/mol. The molecule has 0 fully saturated rings. The SMILES string of the molecule is CCC(=CCn1ncc2ccccc2c1=O)C(=O)O. The molecule has 0 aliphatic heterocycles. The summed E-state index contributed by atoms with van der Waals surface area (Å²) >= 11 is 0. The van der Waals surface area contributed by atoms with E-state index in [1.54, 1.807) is 25.3 Å². The number of hydrogen-bond acceptors (Lipinski definition) is 3. The molecule has 1 N–H and O–H groups in total. The van der Waals surface area contributed by atoms with Gasteiger partial charge in [-0.3, -0.25) is 4.79 Å². The molecule has 5 heteroatoms. The standard InChI is InChI=1S/C14H14N2O3/c1-2-10(14(18)19)7-8-16-13(17)12-6-4-3-5-11(12)9-15-16/h3-7,9H,2,8H2,1H3,(H,18,19). The molecule has 19 heavy (non-hydrogen) atoms. The van der Waals surface area contributed by atoms with E-state index >= 15 is 0 Å². The number of carboxylic acid groups (broad SMARTS) is 1. The molecule has 98 valence electrons. The molecule has 0 aliphatic carbocycles. The summed E-state index contributed by atoms with van der Waals surface area (Å²) in [5.41, 5.74) is 0.0667. The Labute approximate surface area is 109 Å². The molecule has 1 aromatic heterocycles. The second kappa shape index (κ2) is 5.48. The third kappa shape index (κ3) is 2.70. The molecule has 1 heterocycles. The average Bonchev–Trinajstić information content (AvgIpc) is 2.41. The molecule has 0 bridgehead atoms. The number of rotatable bonds is 4. The minimum absolute atomic E-state index is 0.166. The molecule has 0 aliphatic rings. The number of fused-ring (bicyclic) bond motifs is 1. The van der Waals surface area contributed by atoms with Crippen LogP contribution >= 0.6 is 0 Å². The van der Waals surface area contributed by atoms with Crippen LogP contribution in [0.15, 0.2) is 46.9 Å². The average molecular weight is 258 g/mol. The van der Waals surface area contributed by atoms with E-state index in [1.807, 2.05) is 12.1 Å². The monoisotopic (exact) mass is 258 g/mol. The highest BCUT2D eigenvalue weighted by molar-refractivity contribution is 5.86. The van der Waals surface area contributed by atoms with Crippen LogP contribution in [-0.2, 0) is 11.3 Å². The van der Waals surface area contributed by atoms with Gasteiger partial charge in [0.2, 0.25) is 0 Å². The second-order valence-corrected chi connectivity index (χ2v) is 4.11. The van der Waals surface area contributed by atoms with Gasteiger partial charge in [-0.1, -0.05) is 31.2 Å². The fourth-order valence-electron chi connectivity index (χ4n) is 1.84. The summed E-state index contributed by atoms with van der Waals surface area (Å²) in [4.78, 5) is 23.0. The van der Waals surface area contributed by atoms with E-state index in [9.17, 15) is 9.59 Å². The molecular weight excluding hydrogens is 244 g/mol. The van der Waals surface area contributed by atoms with Crippen LogP contribution in [0.2, 0.25) is 0 Å². The van der Waals surface area contributed by atoms with E-state index in [-0.39, 0.29) is 17.7 Å². The van der Waals surface area contributed by atoms with Gasteiger partial charge in [-0.2, -0.15) is 5.10 Å². The number of aromatic nitrogens is 2. The lowest BCUT2D eigenvalue weighted by molar-refractivity contribution is -0.132. The zero-order chi connectivity index (χ0) is 13.8. The Hall–Kier alpha value is -2.43. The summed E-state index contributed by atoms with van der Waals surface area (Å²) in [6.07, 6.45) is 3.54. The van der Waals surface area contributed by atoms with Crippen molar-refractivity contribution >= 4 is 16.7 Å². The van der Waals surface area contributed by atoms with Gasteiger partial charge in [0.25, 0.3) is 5.56 Å². The molecule has 0 unspecified atom stereocenters. The van der Waals surface area contributed by atoms with Crippen LogP contribution in [0.25, 0.3) is 10.8 Å². The quantitative estimate of drug-likeness (QED) is 0.849. The van der Waals surface area contributed by atoms with Crippen molar-refractivity contribution in [2.45, 2.75) is 19.9 Å². The maximum absolute atomic E-state index is 12.1. The van der Waals surface area contributed by atoms with Gasteiger partial charge in [0, 0.05) is 11.0 Å². The van der Waals surface area contributed by atoms with Crippen LogP contribution in [0.1, 0.15) is 13.3 Å². The lowest BCUT2D eigenvalue weighted by atomic mass is 10.2. The van der Waals surface area contributed by atoms with E-state index in [1.165, 1.54) is 10.8 Å². The minimum Gasteiger partial charge on any atom is -0.478 e. The topological polar surface area (TPSA) is 72.2 Å². The smallest absolute Gasteiger partial charge is 0.331 e.